The van der Waals surface area contributed by atoms with Crippen LogP contribution in [0.1, 0.15) is 44.3 Å². The summed E-state index contributed by atoms with van der Waals surface area (Å²) in [6.07, 6.45) is 4.49. The minimum absolute atomic E-state index is 0.0334. The maximum absolute atomic E-state index is 12.6. The van der Waals surface area contributed by atoms with E-state index < -0.39 is 0 Å². The van der Waals surface area contributed by atoms with Gasteiger partial charge in [0.2, 0.25) is 0 Å². The lowest BCUT2D eigenvalue weighted by molar-refractivity contribution is -0.115. The lowest BCUT2D eigenvalue weighted by Gasteiger charge is -2.31. The van der Waals surface area contributed by atoms with Crippen LogP contribution in [-0.2, 0) is 4.79 Å². The van der Waals surface area contributed by atoms with Crippen molar-refractivity contribution in [2.24, 2.45) is 11.0 Å². The van der Waals surface area contributed by atoms with Crippen LogP contribution in [0.3, 0.4) is 0 Å². The number of nitrogens with zero attached hydrogens (tertiary/aromatic N) is 3. The smallest absolute Gasteiger partial charge is 0.267 e. The first-order valence-electron chi connectivity index (χ1n) is 10.5. The topological polar surface area (TPSA) is 63.7 Å². The first-order chi connectivity index (χ1) is 13.6. The number of H-pyrrole nitrogens is 1. The molecule has 4 rings (SSSR count). The van der Waals surface area contributed by atoms with Gasteiger partial charge in [0, 0.05) is 37.8 Å². The molecule has 1 aromatic heterocycles. The molecule has 1 aromatic carbocycles. The Labute approximate surface area is 167 Å². The van der Waals surface area contributed by atoms with Crippen LogP contribution in [0.2, 0.25) is 0 Å². The Morgan fingerprint density at radius 1 is 1.29 bits per heavy atom. The zero-order valence-corrected chi connectivity index (χ0v) is 16.9. The van der Waals surface area contributed by atoms with E-state index in [4.69, 9.17) is 0 Å². The molecule has 1 saturated heterocycles. The largest absolute Gasteiger partial charge is 0.357 e. The first-order valence-corrected chi connectivity index (χ1v) is 10.5. The molecule has 1 unspecified atom stereocenters. The number of hydrogen-bond acceptors (Lipinski definition) is 4. The van der Waals surface area contributed by atoms with Gasteiger partial charge < -0.3 is 15.2 Å². The lowest BCUT2D eigenvalue weighted by Crippen LogP contribution is -2.41. The second-order valence-corrected chi connectivity index (χ2v) is 8.10. The van der Waals surface area contributed by atoms with Crippen LogP contribution >= 0.6 is 0 Å². The molecule has 1 fully saturated rings. The zero-order chi connectivity index (χ0) is 19.5. The number of fused-ring (bicyclic) bond motifs is 1. The molecular weight excluding hydrogens is 350 g/mol. The van der Waals surface area contributed by atoms with Crippen molar-refractivity contribution < 1.29 is 4.79 Å². The summed E-state index contributed by atoms with van der Waals surface area (Å²) in [5, 5.41) is 10.7. The van der Waals surface area contributed by atoms with Gasteiger partial charge in [0.15, 0.2) is 0 Å². The number of carbonyl (C=O) groups excluding carboxylic acids is 1. The molecule has 0 aliphatic carbocycles. The molecular formula is C22H31N5O. The van der Waals surface area contributed by atoms with Crippen LogP contribution in [-0.4, -0.2) is 59.7 Å². The second-order valence-electron chi connectivity index (χ2n) is 8.10. The van der Waals surface area contributed by atoms with Crippen LogP contribution in [0.4, 0.5) is 0 Å². The number of likely N-dealkylation sites (tertiary alicyclic amines) is 1. The fourth-order valence-electron chi connectivity index (χ4n) is 4.39. The van der Waals surface area contributed by atoms with E-state index in [1.54, 1.807) is 0 Å². The fourth-order valence-corrected chi connectivity index (χ4v) is 4.39. The Balaban J connectivity index is 1.28. The fraction of sp³-hybridized carbons (Fsp3) is 0.545. The van der Waals surface area contributed by atoms with E-state index in [1.165, 1.54) is 24.6 Å². The normalized spacial score (nSPS) is 21.3. The zero-order valence-electron chi connectivity index (χ0n) is 16.9. The summed E-state index contributed by atoms with van der Waals surface area (Å²) in [6, 6.07) is 10.5. The molecule has 2 aliphatic heterocycles. The summed E-state index contributed by atoms with van der Waals surface area (Å²) in [7, 11) is 1.94. The molecule has 6 heteroatoms. The monoisotopic (exact) mass is 381 g/mol. The molecule has 1 atom stereocenters. The molecule has 0 saturated carbocycles. The second kappa shape index (κ2) is 8.35. The molecule has 0 bridgehead atoms. The molecule has 0 radical (unpaired) electrons. The van der Waals surface area contributed by atoms with Crippen molar-refractivity contribution in [1.29, 1.82) is 0 Å². The summed E-state index contributed by atoms with van der Waals surface area (Å²) >= 11 is 0. The third-order valence-electron chi connectivity index (χ3n) is 6.29. The van der Waals surface area contributed by atoms with Gasteiger partial charge >= 0.3 is 0 Å². The number of carbonyl (C=O) groups is 1. The van der Waals surface area contributed by atoms with Crippen molar-refractivity contribution in [1.82, 2.24) is 20.2 Å². The van der Waals surface area contributed by atoms with E-state index in [0.717, 1.165) is 36.8 Å². The Morgan fingerprint density at radius 2 is 2.07 bits per heavy atom. The van der Waals surface area contributed by atoms with Crippen molar-refractivity contribution in [3.05, 3.63) is 36.0 Å². The van der Waals surface area contributed by atoms with Crippen molar-refractivity contribution in [2.45, 2.75) is 38.6 Å². The SMILES string of the molecule is CCC1CCN(CCNC(=O)C2=NN(C)C(c3cc4ccccc4[nH]3)C2)CC1. The molecule has 1 amide bonds. The number of para-hydroxylation sites is 1. The van der Waals surface area contributed by atoms with Gasteiger partial charge in [-0.3, -0.25) is 9.80 Å². The molecule has 3 heterocycles. The van der Waals surface area contributed by atoms with Crippen molar-refractivity contribution >= 4 is 22.5 Å². The van der Waals surface area contributed by atoms with Gasteiger partial charge in [0.1, 0.15) is 5.71 Å². The van der Waals surface area contributed by atoms with Gasteiger partial charge in [-0.2, -0.15) is 5.10 Å². The minimum atomic E-state index is -0.0334. The van der Waals surface area contributed by atoms with E-state index in [-0.39, 0.29) is 11.9 Å². The number of aromatic nitrogens is 1. The van der Waals surface area contributed by atoms with Gasteiger partial charge in [-0.25, -0.2) is 0 Å². The average molecular weight is 382 g/mol. The van der Waals surface area contributed by atoms with Crippen LogP contribution in [0.15, 0.2) is 35.4 Å². The maximum atomic E-state index is 12.6. The lowest BCUT2D eigenvalue weighted by atomic mass is 9.94. The number of amides is 1. The summed E-state index contributed by atoms with van der Waals surface area (Å²) in [6.45, 7) is 6.20. The Hall–Kier alpha value is -2.34. The van der Waals surface area contributed by atoms with Gasteiger partial charge in [0.25, 0.3) is 5.91 Å². The molecule has 2 N–H and O–H groups in total. The van der Waals surface area contributed by atoms with E-state index in [2.05, 4.69) is 45.4 Å². The predicted octanol–water partition coefficient (Wildman–Crippen LogP) is 3.14. The molecule has 28 heavy (non-hydrogen) atoms. The molecule has 6 nitrogen and oxygen atoms in total. The Morgan fingerprint density at radius 3 is 2.82 bits per heavy atom. The van der Waals surface area contributed by atoms with Crippen LogP contribution in [0, 0.1) is 5.92 Å². The highest BCUT2D eigenvalue weighted by atomic mass is 16.2. The third-order valence-corrected chi connectivity index (χ3v) is 6.29. The van der Waals surface area contributed by atoms with E-state index in [0.29, 0.717) is 18.7 Å². The number of rotatable bonds is 6. The molecule has 2 aromatic rings. The Bertz CT molecular complexity index is 816. The molecule has 0 spiro atoms. The molecule has 2 aliphatic rings. The maximum Gasteiger partial charge on any atom is 0.267 e. The number of hydrogen-bond donors (Lipinski definition) is 2. The number of nitrogens with one attached hydrogen (secondary N) is 2. The number of benzene rings is 1. The van der Waals surface area contributed by atoms with Crippen molar-refractivity contribution in [2.75, 3.05) is 33.2 Å². The van der Waals surface area contributed by atoms with Crippen molar-refractivity contribution in [3.63, 3.8) is 0 Å². The number of aromatic amines is 1. The highest BCUT2D eigenvalue weighted by Crippen LogP contribution is 2.30. The van der Waals surface area contributed by atoms with Crippen LogP contribution < -0.4 is 5.32 Å². The standard InChI is InChI=1S/C22H31N5O/c1-3-16-8-11-27(12-9-16)13-10-23-22(28)20-15-21(26(2)25-20)19-14-17-6-4-5-7-18(17)24-19/h4-7,14,16,21,24H,3,8-13,15H2,1-2H3,(H,23,28). The van der Waals surface area contributed by atoms with Gasteiger partial charge in [-0.05, 0) is 49.4 Å². The summed E-state index contributed by atoms with van der Waals surface area (Å²) in [4.78, 5) is 18.5. The van der Waals surface area contributed by atoms with Crippen LogP contribution in [0.25, 0.3) is 10.9 Å². The first kappa shape index (κ1) is 19.0. The summed E-state index contributed by atoms with van der Waals surface area (Å²) < 4.78 is 0. The highest BCUT2D eigenvalue weighted by Gasteiger charge is 2.30. The predicted molar refractivity (Wildman–Crippen MR) is 113 cm³/mol. The van der Waals surface area contributed by atoms with E-state index in [1.807, 2.05) is 24.2 Å². The summed E-state index contributed by atoms with van der Waals surface area (Å²) in [5.74, 6) is 0.852. The van der Waals surface area contributed by atoms with E-state index >= 15 is 0 Å². The van der Waals surface area contributed by atoms with Gasteiger partial charge in [-0.1, -0.05) is 31.5 Å². The average Bonchev–Trinajstić information content (AvgIpc) is 3.31. The van der Waals surface area contributed by atoms with Crippen LogP contribution in [0.5, 0.6) is 0 Å². The molecule has 150 valence electrons. The van der Waals surface area contributed by atoms with Gasteiger partial charge in [0.05, 0.1) is 6.04 Å². The quantitative estimate of drug-likeness (QED) is 0.808. The Kier molecular flexibility index (Phi) is 5.67. The van der Waals surface area contributed by atoms with E-state index in [9.17, 15) is 4.79 Å². The number of hydrazone groups is 1. The third kappa shape index (κ3) is 4.07. The summed E-state index contributed by atoms with van der Waals surface area (Å²) in [5.41, 5.74) is 2.85. The highest BCUT2D eigenvalue weighted by molar-refractivity contribution is 6.39. The van der Waals surface area contributed by atoms with Crippen molar-refractivity contribution in [3.8, 4) is 0 Å². The number of piperidine rings is 1. The minimum Gasteiger partial charge on any atom is -0.357 e. The van der Waals surface area contributed by atoms with Gasteiger partial charge in [-0.15, -0.1) is 0 Å².